The minimum absolute atomic E-state index is 0.0205. The number of hydrogen-bond donors (Lipinski definition) is 3. The number of ether oxygens (including phenoxy) is 2. The second kappa shape index (κ2) is 15.7. The lowest BCUT2D eigenvalue weighted by Crippen LogP contribution is -2.57. The summed E-state index contributed by atoms with van der Waals surface area (Å²) >= 11 is 0. The summed E-state index contributed by atoms with van der Waals surface area (Å²) < 4.78 is 39.7. The van der Waals surface area contributed by atoms with Crippen LogP contribution in [0.1, 0.15) is 44.4 Å². The first-order valence-corrected chi connectivity index (χ1v) is 18.4. The summed E-state index contributed by atoms with van der Waals surface area (Å²) in [4.78, 5) is 43.3. The normalized spacial score (nSPS) is 16.3. The van der Waals surface area contributed by atoms with E-state index in [0.29, 0.717) is 22.6 Å². The van der Waals surface area contributed by atoms with E-state index in [0.717, 1.165) is 10.5 Å². The van der Waals surface area contributed by atoms with E-state index < -0.39 is 52.0 Å². The molecule has 0 saturated carbocycles. The molecule has 0 radical (unpaired) electrons. The predicted molar refractivity (Wildman–Crippen MR) is 188 cm³/mol. The van der Waals surface area contributed by atoms with Crippen molar-refractivity contribution in [3.05, 3.63) is 83.4 Å². The molecule has 0 aliphatic carbocycles. The van der Waals surface area contributed by atoms with E-state index in [-0.39, 0.29) is 56.0 Å². The number of aliphatic hydroxyl groups is 1. The Hall–Kier alpha value is -4.66. The molecule has 2 aliphatic rings. The second-order valence-corrected chi connectivity index (χ2v) is 15.7. The standard InChI is InChI=1S/C37H46N4O9S/c1-23(2)18-39(51(47,48)28-12-13-30(42)25(5)15-28)20-31(43)29(16-26-9-7-6-8-10-26)38-36(45)35(24(3)4)41-21-34(44)40(37(41)46)19-27-11-14-32-33(17-27)50-22-49-32/h6-15,17,23-24,29,31,35,42-43H,16,18-22H2,1-5H3,(H,38,45)/t29-,31-,35-/m0/s1. The van der Waals surface area contributed by atoms with Gasteiger partial charge in [0.25, 0.3) is 5.91 Å². The number of urea groups is 1. The van der Waals surface area contributed by atoms with E-state index in [2.05, 4.69) is 5.32 Å². The van der Waals surface area contributed by atoms with Crippen LogP contribution in [-0.2, 0) is 32.6 Å². The molecular formula is C37H46N4O9S. The van der Waals surface area contributed by atoms with Gasteiger partial charge in [0.1, 0.15) is 18.3 Å². The fourth-order valence-corrected chi connectivity index (χ4v) is 8.04. The number of fused-ring (bicyclic) bond motifs is 1. The van der Waals surface area contributed by atoms with Crippen LogP contribution < -0.4 is 14.8 Å². The van der Waals surface area contributed by atoms with Crippen LogP contribution in [0, 0.1) is 18.8 Å². The fraction of sp³-hybridized carbons (Fsp3) is 0.432. The molecule has 2 aliphatic heterocycles. The molecular weight excluding hydrogens is 676 g/mol. The van der Waals surface area contributed by atoms with Crippen LogP contribution in [0.25, 0.3) is 0 Å². The van der Waals surface area contributed by atoms with Crippen molar-refractivity contribution in [3.8, 4) is 17.2 Å². The zero-order chi connectivity index (χ0) is 37.0. The molecule has 14 heteroatoms. The Balaban J connectivity index is 1.38. The van der Waals surface area contributed by atoms with Gasteiger partial charge in [-0.15, -0.1) is 0 Å². The van der Waals surface area contributed by atoms with Gasteiger partial charge in [-0.3, -0.25) is 14.5 Å². The second-order valence-electron chi connectivity index (χ2n) is 13.8. The highest BCUT2D eigenvalue weighted by Crippen LogP contribution is 2.33. The van der Waals surface area contributed by atoms with Crippen LogP contribution >= 0.6 is 0 Å². The number of aryl methyl sites for hydroxylation is 1. The van der Waals surface area contributed by atoms with E-state index in [1.54, 1.807) is 39.0 Å². The predicted octanol–water partition coefficient (Wildman–Crippen LogP) is 3.65. The molecule has 3 aromatic carbocycles. The maximum Gasteiger partial charge on any atom is 0.328 e. The van der Waals surface area contributed by atoms with Crippen molar-refractivity contribution in [3.63, 3.8) is 0 Å². The molecule has 5 rings (SSSR count). The summed E-state index contributed by atoms with van der Waals surface area (Å²) in [6.45, 7) is 8.35. The third-order valence-electron chi connectivity index (χ3n) is 8.95. The topological polar surface area (TPSA) is 166 Å². The van der Waals surface area contributed by atoms with Crippen molar-refractivity contribution >= 4 is 27.9 Å². The largest absolute Gasteiger partial charge is 0.508 e. The minimum Gasteiger partial charge on any atom is -0.508 e. The first-order chi connectivity index (χ1) is 24.1. The average Bonchev–Trinajstić information content (AvgIpc) is 3.65. The van der Waals surface area contributed by atoms with Gasteiger partial charge in [-0.2, -0.15) is 4.31 Å². The molecule has 0 spiro atoms. The Bertz CT molecular complexity index is 1850. The first kappa shape index (κ1) is 37.6. The van der Waals surface area contributed by atoms with Gasteiger partial charge in [0, 0.05) is 13.1 Å². The first-order valence-electron chi connectivity index (χ1n) is 17.0. The summed E-state index contributed by atoms with van der Waals surface area (Å²) in [6.07, 6.45) is -1.21. The smallest absolute Gasteiger partial charge is 0.328 e. The Morgan fingerprint density at radius 2 is 1.65 bits per heavy atom. The van der Waals surface area contributed by atoms with Gasteiger partial charge in [-0.05, 0) is 72.2 Å². The van der Waals surface area contributed by atoms with E-state index >= 15 is 0 Å². The van der Waals surface area contributed by atoms with Gasteiger partial charge in [-0.1, -0.05) is 64.1 Å². The van der Waals surface area contributed by atoms with E-state index in [9.17, 15) is 33.0 Å². The number of carbonyl (C=O) groups excluding carboxylic acids is 3. The molecule has 0 bridgehead atoms. The highest BCUT2D eigenvalue weighted by Gasteiger charge is 2.44. The lowest BCUT2D eigenvalue weighted by Gasteiger charge is -2.34. The molecule has 51 heavy (non-hydrogen) atoms. The number of nitrogens with one attached hydrogen (secondary N) is 1. The molecule has 4 amide bonds. The van der Waals surface area contributed by atoms with Gasteiger partial charge >= 0.3 is 6.03 Å². The number of carbonyl (C=O) groups is 3. The van der Waals surface area contributed by atoms with Gasteiger partial charge in [0.2, 0.25) is 22.7 Å². The number of benzene rings is 3. The van der Waals surface area contributed by atoms with Gasteiger partial charge in [0.05, 0.1) is 23.6 Å². The minimum atomic E-state index is -4.12. The number of rotatable bonds is 15. The molecule has 0 aromatic heterocycles. The van der Waals surface area contributed by atoms with Gasteiger partial charge in [0.15, 0.2) is 11.5 Å². The SMILES string of the molecule is Cc1cc(S(=O)(=O)N(CC(C)C)C[C@H](O)[C@H](Cc2ccccc2)NC(=O)[C@H](C(C)C)N2CC(=O)N(Cc3ccc4c(c3)OCO4)C2=O)ccc1O. The van der Waals surface area contributed by atoms with E-state index in [4.69, 9.17) is 9.47 Å². The maximum atomic E-state index is 14.1. The number of aromatic hydroxyl groups is 1. The lowest BCUT2D eigenvalue weighted by molar-refractivity contribution is -0.129. The summed E-state index contributed by atoms with van der Waals surface area (Å²) in [5, 5.41) is 24.7. The molecule has 3 atom stereocenters. The van der Waals surface area contributed by atoms with Crippen molar-refractivity contribution < 1.29 is 42.5 Å². The molecule has 13 nitrogen and oxygen atoms in total. The Morgan fingerprint density at radius 1 is 0.941 bits per heavy atom. The van der Waals surface area contributed by atoms with E-state index in [1.807, 2.05) is 44.2 Å². The van der Waals surface area contributed by atoms with Crippen molar-refractivity contribution in [2.24, 2.45) is 11.8 Å². The number of imide groups is 1. The summed E-state index contributed by atoms with van der Waals surface area (Å²) in [7, 11) is -4.12. The zero-order valence-corrected chi connectivity index (χ0v) is 30.3. The van der Waals surface area contributed by atoms with Gasteiger partial charge in [-0.25, -0.2) is 13.2 Å². The molecule has 3 aromatic rings. The quantitative estimate of drug-likeness (QED) is 0.199. The van der Waals surface area contributed by atoms with Crippen molar-refractivity contribution in [1.29, 1.82) is 0 Å². The highest BCUT2D eigenvalue weighted by molar-refractivity contribution is 7.89. The highest BCUT2D eigenvalue weighted by atomic mass is 32.2. The van der Waals surface area contributed by atoms with E-state index in [1.165, 1.54) is 27.4 Å². The Kier molecular flexibility index (Phi) is 11.6. The third-order valence-corrected chi connectivity index (χ3v) is 10.8. The number of nitrogens with zero attached hydrogens (tertiary/aromatic N) is 3. The number of phenols is 1. The number of aliphatic hydroxyl groups excluding tert-OH is 1. The lowest BCUT2D eigenvalue weighted by atomic mass is 9.97. The number of phenolic OH excluding ortho intramolecular Hbond substituents is 1. The summed E-state index contributed by atoms with van der Waals surface area (Å²) in [6, 6.07) is 15.7. The molecule has 2 heterocycles. The van der Waals surface area contributed by atoms with Crippen LogP contribution in [-0.4, -0.2) is 95.2 Å². The van der Waals surface area contributed by atoms with Crippen LogP contribution in [0.2, 0.25) is 0 Å². The maximum absolute atomic E-state index is 14.1. The summed E-state index contributed by atoms with van der Waals surface area (Å²) in [5.74, 6) is -0.509. The molecule has 3 N–H and O–H groups in total. The van der Waals surface area contributed by atoms with Crippen molar-refractivity contribution in [2.75, 3.05) is 26.4 Å². The monoisotopic (exact) mass is 722 g/mol. The zero-order valence-electron chi connectivity index (χ0n) is 29.5. The fourth-order valence-electron chi connectivity index (χ4n) is 6.33. The van der Waals surface area contributed by atoms with Crippen LogP contribution in [0.4, 0.5) is 4.79 Å². The average molecular weight is 723 g/mol. The van der Waals surface area contributed by atoms with Crippen LogP contribution in [0.15, 0.2) is 71.6 Å². The number of hydrogen-bond acceptors (Lipinski definition) is 9. The molecule has 0 unspecified atom stereocenters. The molecule has 1 fully saturated rings. The molecule has 1 saturated heterocycles. The Morgan fingerprint density at radius 3 is 2.31 bits per heavy atom. The van der Waals surface area contributed by atoms with Crippen LogP contribution in [0.5, 0.6) is 17.2 Å². The van der Waals surface area contributed by atoms with Crippen LogP contribution in [0.3, 0.4) is 0 Å². The number of sulfonamides is 1. The Labute approximate surface area is 298 Å². The summed E-state index contributed by atoms with van der Waals surface area (Å²) in [5.41, 5.74) is 1.83. The number of amides is 4. The van der Waals surface area contributed by atoms with Gasteiger partial charge < -0.3 is 29.9 Å². The molecule has 274 valence electrons. The third kappa shape index (κ3) is 8.63. The van der Waals surface area contributed by atoms with Crippen molar-refractivity contribution in [2.45, 2.75) is 70.7 Å². The van der Waals surface area contributed by atoms with Crippen molar-refractivity contribution in [1.82, 2.24) is 19.4 Å².